The van der Waals surface area contributed by atoms with Crippen LogP contribution in [0.5, 0.6) is 11.5 Å². The highest BCUT2D eigenvalue weighted by molar-refractivity contribution is 7.99. The highest BCUT2D eigenvalue weighted by Gasteiger charge is 2.10. The van der Waals surface area contributed by atoms with Gasteiger partial charge in [-0.25, -0.2) is 9.97 Å². The number of ketones is 1. The number of hydrogen-bond donors (Lipinski definition) is 2. The van der Waals surface area contributed by atoms with Crippen molar-refractivity contribution in [3.05, 3.63) is 41.7 Å². The molecule has 1 aromatic heterocycles. The molecule has 0 amide bonds. The SMILES string of the molecule is Cc1ccnc(SCC(=O)c2ccc(O)c(O)c2)n1. The largest absolute Gasteiger partial charge is 0.504 e. The molecule has 98 valence electrons. The number of phenols is 2. The summed E-state index contributed by atoms with van der Waals surface area (Å²) in [5, 5.41) is 19.1. The monoisotopic (exact) mass is 276 g/mol. The number of Topliss-reactive ketones (excluding diaryl/α,β-unsaturated/α-hetero) is 1. The second-order valence-electron chi connectivity index (χ2n) is 3.90. The maximum absolute atomic E-state index is 11.9. The predicted octanol–water partition coefficient (Wildman–Crippen LogP) is 2.17. The van der Waals surface area contributed by atoms with Crippen molar-refractivity contribution in [2.24, 2.45) is 0 Å². The molecule has 0 saturated heterocycles. The zero-order valence-electron chi connectivity index (χ0n) is 10.2. The summed E-state index contributed by atoms with van der Waals surface area (Å²) in [6, 6.07) is 5.78. The number of aromatic nitrogens is 2. The quantitative estimate of drug-likeness (QED) is 0.385. The van der Waals surface area contributed by atoms with Gasteiger partial charge in [-0.2, -0.15) is 0 Å². The van der Waals surface area contributed by atoms with E-state index in [9.17, 15) is 15.0 Å². The van der Waals surface area contributed by atoms with Crippen LogP contribution in [0.2, 0.25) is 0 Å². The van der Waals surface area contributed by atoms with Gasteiger partial charge in [0.15, 0.2) is 22.4 Å². The Morgan fingerprint density at radius 2 is 2.05 bits per heavy atom. The maximum Gasteiger partial charge on any atom is 0.188 e. The van der Waals surface area contributed by atoms with Crippen LogP contribution in [0.15, 0.2) is 35.6 Å². The summed E-state index contributed by atoms with van der Waals surface area (Å²) in [5.41, 5.74) is 1.18. The van der Waals surface area contributed by atoms with Crippen LogP contribution < -0.4 is 0 Å². The minimum atomic E-state index is -0.303. The molecule has 2 N–H and O–H groups in total. The summed E-state index contributed by atoms with van der Waals surface area (Å²) >= 11 is 1.23. The Hall–Kier alpha value is -2.08. The van der Waals surface area contributed by atoms with Crippen molar-refractivity contribution < 1.29 is 15.0 Å². The molecular formula is C13H12N2O3S. The fraction of sp³-hybridized carbons (Fsp3) is 0.154. The molecule has 0 saturated carbocycles. The normalized spacial score (nSPS) is 10.4. The number of benzene rings is 1. The molecule has 0 bridgehead atoms. The molecule has 1 heterocycles. The first-order chi connectivity index (χ1) is 9.06. The van der Waals surface area contributed by atoms with Crippen LogP contribution in [-0.2, 0) is 0 Å². The molecule has 2 rings (SSSR count). The zero-order chi connectivity index (χ0) is 13.8. The fourth-order valence-electron chi connectivity index (χ4n) is 1.41. The molecule has 0 atom stereocenters. The van der Waals surface area contributed by atoms with E-state index in [4.69, 9.17) is 0 Å². The maximum atomic E-state index is 11.9. The van der Waals surface area contributed by atoms with Gasteiger partial charge in [-0.05, 0) is 31.2 Å². The van der Waals surface area contributed by atoms with Crippen molar-refractivity contribution >= 4 is 17.5 Å². The zero-order valence-corrected chi connectivity index (χ0v) is 11.0. The summed E-state index contributed by atoms with van der Waals surface area (Å²) in [5.74, 6) is -0.535. The van der Waals surface area contributed by atoms with E-state index in [0.29, 0.717) is 10.7 Å². The second-order valence-corrected chi connectivity index (χ2v) is 4.84. The third kappa shape index (κ3) is 3.45. The molecule has 2 aromatic rings. The van der Waals surface area contributed by atoms with Crippen LogP contribution in [0.3, 0.4) is 0 Å². The van der Waals surface area contributed by atoms with Crippen LogP contribution in [0, 0.1) is 6.92 Å². The van der Waals surface area contributed by atoms with Gasteiger partial charge >= 0.3 is 0 Å². The van der Waals surface area contributed by atoms with E-state index >= 15 is 0 Å². The number of nitrogens with zero attached hydrogens (tertiary/aromatic N) is 2. The molecule has 0 aliphatic heterocycles. The molecular weight excluding hydrogens is 264 g/mol. The Balaban J connectivity index is 2.03. The third-order valence-electron chi connectivity index (χ3n) is 2.40. The average molecular weight is 276 g/mol. The van der Waals surface area contributed by atoms with Gasteiger partial charge in [-0.15, -0.1) is 0 Å². The van der Waals surface area contributed by atoms with Crippen LogP contribution in [0.4, 0.5) is 0 Å². The molecule has 19 heavy (non-hydrogen) atoms. The van der Waals surface area contributed by atoms with Gasteiger partial charge in [0.1, 0.15) is 0 Å². The minimum absolute atomic E-state index is 0.162. The van der Waals surface area contributed by atoms with Gasteiger partial charge in [0.2, 0.25) is 0 Å². The Labute approximate surface area is 114 Å². The van der Waals surface area contributed by atoms with E-state index in [1.54, 1.807) is 12.3 Å². The lowest BCUT2D eigenvalue weighted by molar-refractivity contribution is 0.102. The van der Waals surface area contributed by atoms with Crippen molar-refractivity contribution in [2.75, 3.05) is 5.75 Å². The van der Waals surface area contributed by atoms with E-state index in [1.807, 2.05) is 6.92 Å². The van der Waals surface area contributed by atoms with Gasteiger partial charge < -0.3 is 10.2 Å². The van der Waals surface area contributed by atoms with Gasteiger partial charge in [0.05, 0.1) is 5.75 Å². The minimum Gasteiger partial charge on any atom is -0.504 e. The van der Waals surface area contributed by atoms with Crippen LogP contribution >= 0.6 is 11.8 Å². The summed E-state index contributed by atoms with van der Waals surface area (Å²) in [6.45, 7) is 1.85. The van der Waals surface area contributed by atoms with Crippen molar-refractivity contribution in [3.63, 3.8) is 0 Å². The molecule has 0 fully saturated rings. The number of carbonyl (C=O) groups excluding carboxylic acids is 1. The molecule has 6 heteroatoms. The van der Waals surface area contributed by atoms with E-state index < -0.39 is 0 Å². The Kier molecular flexibility index (Phi) is 4.01. The first-order valence-corrected chi connectivity index (χ1v) is 6.52. The van der Waals surface area contributed by atoms with Gasteiger partial charge in [0.25, 0.3) is 0 Å². The van der Waals surface area contributed by atoms with Gasteiger partial charge in [-0.1, -0.05) is 11.8 Å². The molecule has 5 nitrogen and oxygen atoms in total. The number of phenolic OH excluding ortho intramolecular Hbond substituents is 2. The predicted molar refractivity (Wildman–Crippen MR) is 71.6 cm³/mol. The number of hydrogen-bond acceptors (Lipinski definition) is 6. The Morgan fingerprint density at radius 3 is 2.74 bits per heavy atom. The fourth-order valence-corrected chi connectivity index (χ4v) is 2.18. The number of rotatable bonds is 4. The van der Waals surface area contributed by atoms with Crippen molar-refractivity contribution in [3.8, 4) is 11.5 Å². The number of thioether (sulfide) groups is 1. The van der Waals surface area contributed by atoms with Gasteiger partial charge in [0, 0.05) is 17.5 Å². The topological polar surface area (TPSA) is 83.3 Å². The smallest absolute Gasteiger partial charge is 0.188 e. The summed E-state index contributed by atoms with van der Waals surface area (Å²) < 4.78 is 0. The van der Waals surface area contributed by atoms with E-state index in [0.717, 1.165) is 5.69 Å². The van der Waals surface area contributed by atoms with Crippen molar-refractivity contribution in [1.29, 1.82) is 0 Å². The molecule has 0 unspecified atom stereocenters. The lowest BCUT2D eigenvalue weighted by Crippen LogP contribution is -2.03. The molecule has 1 aromatic carbocycles. The van der Waals surface area contributed by atoms with E-state index in [2.05, 4.69) is 9.97 Å². The van der Waals surface area contributed by atoms with Crippen molar-refractivity contribution in [2.45, 2.75) is 12.1 Å². The van der Waals surface area contributed by atoms with Crippen LogP contribution in [-0.4, -0.2) is 31.7 Å². The molecule has 0 spiro atoms. The summed E-state index contributed by atoms with van der Waals surface area (Å²) in [4.78, 5) is 20.1. The Morgan fingerprint density at radius 1 is 1.26 bits per heavy atom. The second kappa shape index (κ2) is 5.71. The Bertz CT molecular complexity index is 617. The summed E-state index contributed by atoms with van der Waals surface area (Å²) in [7, 11) is 0. The lowest BCUT2D eigenvalue weighted by Gasteiger charge is -2.03. The standard InChI is InChI=1S/C13H12N2O3S/c1-8-4-5-14-13(15-8)19-7-12(18)9-2-3-10(16)11(17)6-9/h2-6,16-17H,7H2,1H3. The highest BCUT2D eigenvalue weighted by atomic mass is 32.2. The molecule has 0 radical (unpaired) electrons. The van der Waals surface area contributed by atoms with E-state index in [1.165, 1.54) is 30.0 Å². The highest BCUT2D eigenvalue weighted by Crippen LogP contribution is 2.25. The van der Waals surface area contributed by atoms with E-state index in [-0.39, 0.29) is 23.0 Å². The van der Waals surface area contributed by atoms with Gasteiger partial charge in [-0.3, -0.25) is 4.79 Å². The number of aromatic hydroxyl groups is 2. The van der Waals surface area contributed by atoms with Crippen LogP contribution in [0.25, 0.3) is 0 Å². The van der Waals surface area contributed by atoms with Crippen molar-refractivity contribution in [1.82, 2.24) is 9.97 Å². The molecule has 0 aliphatic carbocycles. The molecule has 0 aliphatic rings. The first kappa shape index (κ1) is 13.4. The van der Waals surface area contributed by atoms with Crippen LogP contribution in [0.1, 0.15) is 16.1 Å². The number of carbonyl (C=O) groups is 1. The lowest BCUT2D eigenvalue weighted by atomic mass is 10.1. The number of aryl methyl sites for hydroxylation is 1. The third-order valence-corrected chi connectivity index (χ3v) is 3.26. The first-order valence-electron chi connectivity index (χ1n) is 5.54. The summed E-state index contributed by atoms with van der Waals surface area (Å²) in [6.07, 6.45) is 1.64. The average Bonchev–Trinajstić information content (AvgIpc) is 2.39.